The summed E-state index contributed by atoms with van der Waals surface area (Å²) in [6.45, 7) is 7.17. The highest BCUT2D eigenvalue weighted by molar-refractivity contribution is 5.82. The fourth-order valence-corrected chi connectivity index (χ4v) is 1.06. The monoisotopic (exact) mass is 232 g/mol. The second kappa shape index (κ2) is 7.92. The van der Waals surface area contributed by atoms with Gasteiger partial charge in [0, 0.05) is 19.7 Å². The molecule has 0 heterocycles. The number of carboxylic acid groups (broad SMARTS) is 1. The van der Waals surface area contributed by atoms with E-state index in [-0.39, 0.29) is 6.03 Å². The molecule has 0 aromatic carbocycles. The van der Waals surface area contributed by atoms with Crippen LogP contribution in [0.3, 0.4) is 0 Å². The smallest absolute Gasteiger partial charge is 0.325 e. The number of nitrogens with one attached hydrogen (secondary N) is 1. The normalized spacial score (nSPS) is 11.9. The van der Waals surface area contributed by atoms with Crippen LogP contribution in [0, 0.1) is 0 Å². The zero-order valence-electron chi connectivity index (χ0n) is 10.0. The second-order valence-electron chi connectivity index (χ2n) is 3.29. The first kappa shape index (κ1) is 14.7. The summed E-state index contributed by atoms with van der Waals surface area (Å²) in [4.78, 5) is 23.6. The lowest BCUT2D eigenvalue weighted by Gasteiger charge is -2.22. The van der Waals surface area contributed by atoms with Gasteiger partial charge in [-0.25, -0.2) is 4.79 Å². The lowest BCUT2D eigenvalue weighted by atomic mass is 10.3. The number of amides is 2. The van der Waals surface area contributed by atoms with Gasteiger partial charge in [-0.15, -0.1) is 0 Å². The van der Waals surface area contributed by atoms with Gasteiger partial charge in [0.05, 0.1) is 6.61 Å². The number of rotatable bonds is 7. The number of likely N-dealkylation sites (N-methyl/N-ethyl adjacent to an activating group) is 1. The van der Waals surface area contributed by atoms with E-state index in [1.165, 1.54) is 11.8 Å². The summed E-state index contributed by atoms with van der Waals surface area (Å²) in [5.41, 5.74) is 0. The maximum atomic E-state index is 11.6. The van der Waals surface area contributed by atoms with Crippen LogP contribution in [0.2, 0.25) is 0 Å². The quantitative estimate of drug-likeness (QED) is 0.627. The molecule has 0 aromatic heterocycles. The Morgan fingerprint density at radius 3 is 2.50 bits per heavy atom. The van der Waals surface area contributed by atoms with Crippen molar-refractivity contribution in [2.24, 2.45) is 0 Å². The molecule has 6 nitrogen and oxygen atoms in total. The summed E-state index contributed by atoms with van der Waals surface area (Å²) in [6.07, 6.45) is 0. The molecule has 6 heteroatoms. The van der Waals surface area contributed by atoms with Crippen LogP contribution in [-0.2, 0) is 9.53 Å². The second-order valence-corrected chi connectivity index (χ2v) is 3.29. The molecule has 0 radical (unpaired) electrons. The summed E-state index contributed by atoms with van der Waals surface area (Å²) in [7, 11) is 0. The third-order valence-electron chi connectivity index (χ3n) is 2.09. The molecule has 94 valence electrons. The lowest BCUT2D eigenvalue weighted by molar-refractivity contribution is -0.138. The van der Waals surface area contributed by atoms with E-state index in [0.29, 0.717) is 26.3 Å². The minimum atomic E-state index is -1.05. The molecule has 0 unspecified atom stereocenters. The number of nitrogens with zero attached hydrogens (tertiary/aromatic N) is 1. The first-order chi connectivity index (χ1) is 7.52. The van der Waals surface area contributed by atoms with E-state index in [1.54, 1.807) is 0 Å². The van der Waals surface area contributed by atoms with Crippen molar-refractivity contribution in [3.05, 3.63) is 0 Å². The van der Waals surface area contributed by atoms with E-state index >= 15 is 0 Å². The molecule has 0 rings (SSSR count). The van der Waals surface area contributed by atoms with Crippen molar-refractivity contribution in [1.29, 1.82) is 0 Å². The SMILES string of the molecule is CCOCCN(CC)C(=O)N[C@H](C)C(=O)O. The van der Waals surface area contributed by atoms with Crippen molar-refractivity contribution in [2.45, 2.75) is 26.8 Å². The van der Waals surface area contributed by atoms with Crippen LogP contribution in [0.4, 0.5) is 4.79 Å². The molecule has 0 saturated heterocycles. The van der Waals surface area contributed by atoms with Crippen molar-refractivity contribution >= 4 is 12.0 Å². The molecule has 0 aromatic rings. The number of hydrogen-bond acceptors (Lipinski definition) is 3. The average Bonchev–Trinajstić information content (AvgIpc) is 2.24. The Morgan fingerprint density at radius 2 is 2.06 bits per heavy atom. The molecule has 0 bridgehead atoms. The molecule has 2 amide bonds. The molecule has 0 aliphatic heterocycles. The molecule has 0 saturated carbocycles. The van der Waals surface area contributed by atoms with Crippen molar-refractivity contribution < 1.29 is 19.4 Å². The third kappa shape index (κ3) is 5.55. The fraction of sp³-hybridized carbons (Fsp3) is 0.800. The van der Waals surface area contributed by atoms with Gasteiger partial charge in [0.25, 0.3) is 0 Å². The van der Waals surface area contributed by atoms with Crippen molar-refractivity contribution in [3.63, 3.8) is 0 Å². The predicted octanol–water partition coefficient (Wildman–Crippen LogP) is 0.527. The standard InChI is InChI=1S/C10H20N2O4/c1-4-12(6-7-16-5-2)10(15)11-8(3)9(13)14/h8H,4-7H2,1-3H3,(H,11,15)(H,13,14)/t8-/m1/s1. The minimum absolute atomic E-state index is 0.378. The summed E-state index contributed by atoms with van der Waals surface area (Å²) >= 11 is 0. The Kier molecular flexibility index (Phi) is 7.28. The molecule has 0 aliphatic carbocycles. The predicted molar refractivity (Wildman–Crippen MR) is 59.4 cm³/mol. The van der Waals surface area contributed by atoms with E-state index in [2.05, 4.69) is 5.32 Å². The van der Waals surface area contributed by atoms with Crippen molar-refractivity contribution in [2.75, 3.05) is 26.3 Å². The van der Waals surface area contributed by atoms with E-state index in [0.717, 1.165) is 0 Å². The highest BCUT2D eigenvalue weighted by atomic mass is 16.5. The Hall–Kier alpha value is -1.30. The Balaban J connectivity index is 4.05. The van der Waals surface area contributed by atoms with Gasteiger partial charge in [0.15, 0.2) is 0 Å². The number of ether oxygens (including phenoxy) is 1. The van der Waals surface area contributed by atoms with Crippen LogP contribution in [0.25, 0.3) is 0 Å². The third-order valence-corrected chi connectivity index (χ3v) is 2.09. The van der Waals surface area contributed by atoms with Gasteiger partial charge in [-0.2, -0.15) is 0 Å². The van der Waals surface area contributed by atoms with Gasteiger partial charge in [-0.05, 0) is 20.8 Å². The summed E-state index contributed by atoms with van der Waals surface area (Å²) < 4.78 is 5.13. The molecule has 0 spiro atoms. The van der Waals surface area contributed by atoms with Gasteiger partial charge in [-0.3, -0.25) is 4.79 Å². The van der Waals surface area contributed by atoms with Gasteiger partial charge >= 0.3 is 12.0 Å². The average molecular weight is 232 g/mol. The minimum Gasteiger partial charge on any atom is -0.480 e. The number of carboxylic acids is 1. The molecule has 0 aliphatic rings. The van der Waals surface area contributed by atoms with Crippen LogP contribution >= 0.6 is 0 Å². The van der Waals surface area contributed by atoms with Gasteiger partial charge in [0.2, 0.25) is 0 Å². The highest BCUT2D eigenvalue weighted by Crippen LogP contribution is 1.92. The van der Waals surface area contributed by atoms with E-state index in [4.69, 9.17) is 9.84 Å². The molecule has 1 atom stereocenters. The fourth-order valence-electron chi connectivity index (χ4n) is 1.06. The summed E-state index contributed by atoms with van der Waals surface area (Å²) in [5.74, 6) is -1.05. The molecule has 0 fully saturated rings. The zero-order chi connectivity index (χ0) is 12.6. The number of aliphatic carboxylic acids is 1. The number of carbonyl (C=O) groups excluding carboxylic acids is 1. The van der Waals surface area contributed by atoms with Gasteiger partial charge in [-0.1, -0.05) is 0 Å². The largest absolute Gasteiger partial charge is 0.480 e. The highest BCUT2D eigenvalue weighted by Gasteiger charge is 2.17. The van der Waals surface area contributed by atoms with Crippen LogP contribution in [0.1, 0.15) is 20.8 Å². The first-order valence-electron chi connectivity index (χ1n) is 5.38. The maximum Gasteiger partial charge on any atom is 0.325 e. The number of carbonyl (C=O) groups is 2. The zero-order valence-corrected chi connectivity index (χ0v) is 10.0. The van der Waals surface area contributed by atoms with Gasteiger partial charge < -0.3 is 20.1 Å². The molecular formula is C10H20N2O4. The molecule has 16 heavy (non-hydrogen) atoms. The van der Waals surface area contributed by atoms with Crippen LogP contribution in [0.15, 0.2) is 0 Å². The number of hydrogen-bond donors (Lipinski definition) is 2. The summed E-state index contributed by atoms with van der Waals surface area (Å²) in [5, 5.41) is 11.0. The van der Waals surface area contributed by atoms with Crippen molar-refractivity contribution in [1.82, 2.24) is 10.2 Å². The lowest BCUT2D eigenvalue weighted by Crippen LogP contribution is -2.47. The topological polar surface area (TPSA) is 78.9 Å². The Morgan fingerprint density at radius 1 is 1.44 bits per heavy atom. The number of urea groups is 1. The van der Waals surface area contributed by atoms with Gasteiger partial charge in [0.1, 0.15) is 6.04 Å². The van der Waals surface area contributed by atoms with E-state index < -0.39 is 12.0 Å². The van der Waals surface area contributed by atoms with Crippen LogP contribution < -0.4 is 5.32 Å². The maximum absolute atomic E-state index is 11.6. The first-order valence-corrected chi connectivity index (χ1v) is 5.38. The van der Waals surface area contributed by atoms with E-state index in [9.17, 15) is 9.59 Å². The van der Waals surface area contributed by atoms with Crippen LogP contribution in [-0.4, -0.2) is 54.4 Å². The summed E-state index contributed by atoms with van der Waals surface area (Å²) in [6, 6.07) is -1.26. The Labute approximate surface area is 95.6 Å². The van der Waals surface area contributed by atoms with Crippen LogP contribution in [0.5, 0.6) is 0 Å². The van der Waals surface area contributed by atoms with E-state index in [1.807, 2.05) is 13.8 Å². The molecular weight excluding hydrogens is 212 g/mol. The molecule has 2 N–H and O–H groups in total. The van der Waals surface area contributed by atoms with Crippen molar-refractivity contribution in [3.8, 4) is 0 Å². The Bertz CT molecular complexity index is 233.